The van der Waals surface area contributed by atoms with Gasteiger partial charge in [0.1, 0.15) is 0 Å². The summed E-state index contributed by atoms with van der Waals surface area (Å²) in [5.41, 5.74) is 3.06. The summed E-state index contributed by atoms with van der Waals surface area (Å²) in [4.78, 5) is 20.9. The van der Waals surface area contributed by atoms with E-state index in [1.54, 1.807) is 0 Å². The van der Waals surface area contributed by atoms with Crippen LogP contribution in [0.15, 0.2) is 0 Å². The number of carboxylic acid groups (broad SMARTS) is 2. The Bertz CT molecular complexity index is 176. The number of hydrogen-bond acceptors (Lipinski definition) is 3. The summed E-state index contributed by atoms with van der Waals surface area (Å²) >= 11 is 0. The molecule has 0 aromatic rings. The van der Waals surface area contributed by atoms with Gasteiger partial charge in [-0.3, -0.25) is 0 Å². The second kappa shape index (κ2) is 4.06. The molecular weight excluding hydrogens is 162 g/mol. The zero-order valence-electron chi connectivity index (χ0n) is 6.91. The van der Waals surface area contributed by atoms with Gasteiger partial charge in [0.2, 0.25) is 5.54 Å². The Labute approximate surface area is 70.2 Å². The van der Waals surface area contributed by atoms with Crippen molar-refractivity contribution in [1.29, 1.82) is 0 Å². The number of carbonyl (C=O) groups is 2. The van der Waals surface area contributed by atoms with Gasteiger partial charge in [0, 0.05) is 0 Å². The van der Waals surface area contributed by atoms with E-state index in [9.17, 15) is 9.59 Å². The zero-order valence-corrected chi connectivity index (χ0v) is 6.91. The molecule has 0 saturated carbocycles. The minimum absolute atomic E-state index is 0.0336. The van der Waals surface area contributed by atoms with Crippen molar-refractivity contribution in [2.24, 2.45) is 5.73 Å². The maximum absolute atomic E-state index is 10.5. The summed E-state index contributed by atoms with van der Waals surface area (Å²) in [5, 5.41) is 17.0. The van der Waals surface area contributed by atoms with Crippen LogP contribution in [-0.2, 0) is 9.59 Å². The quantitative estimate of drug-likeness (QED) is 0.512. The number of unbranched alkanes of at least 4 members (excludes halogenated alkanes) is 1. The van der Waals surface area contributed by atoms with E-state index in [0.717, 1.165) is 6.42 Å². The first-order chi connectivity index (χ1) is 5.45. The summed E-state index contributed by atoms with van der Waals surface area (Å²) in [6, 6.07) is 0. The zero-order chi connectivity index (χ0) is 9.78. The van der Waals surface area contributed by atoms with E-state index in [2.05, 4.69) is 0 Å². The summed E-state index contributed by atoms with van der Waals surface area (Å²) in [7, 11) is 0. The average Bonchev–Trinajstić information content (AvgIpc) is 1.99. The summed E-state index contributed by atoms with van der Waals surface area (Å²) in [6.45, 7) is 1.84. The topological polar surface area (TPSA) is 101 Å². The largest absolute Gasteiger partial charge is 0.479 e. The molecule has 0 aliphatic heterocycles. The first-order valence-electron chi connectivity index (χ1n) is 3.70. The first-order valence-corrected chi connectivity index (χ1v) is 3.70. The van der Waals surface area contributed by atoms with Crippen LogP contribution in [0.2, 0.25) is 0 Å². The molecule has 0 aliphatic carbocycles. The fourth-order valence-corrected chi connectivity index (χ4v) is 0.761. The molecule has 5 nitrogen and oxygen atoms in total. The van der Waals surface area contributed by atoms with E-state index >= 15 is 0 Å². The molecule has 0 unspecified atom stereocenters. The SMILES string of the molecule is CCCCC(N)(C(=O)O)C(=O)O. The van der Waals surface area contributed by atoms with Gasteiger partial charge >= 0.3 is 11.9 Å². The normalized spacial score (nSPS) is 11.2. The Morgan fingerprint density at radius 2 is 1.75 bits per heavy atom. The van der Waals surface area contributed by atoms with E-state index in [4.69, 9.17) is 15.9 Å². The monoisotopic (exact) mass is 175 g/mol. The highest BCUT2D eigenvalue weighted by Gasteiger charge is 2.41. The molecule has 0 saturated heterocycles. The van der Waals surface area contributed by atoms with E-state index in [-0.39, 0.29) is 6.42 Å². The van der Waals surface area contributed by atoms with E-state index in [1.807, 2.05) is 6.92 Å². The van der Waals surface area contributed by atoms with Crippen molar-refractivity contribution in [3.8, 4) is 0 Å². The molecule has 12 heavy (non-hydrogen) atoms. The van der Waals surface area contributed by atoms with Crippen molar-refractivity contribution in [3.05, 3.63) is 0 Å². The van der Waals surface area contributed by atoms with Crippen LogP contribution in [0.3, 0.4) is 0 Å². The predicted octanol–water partition coefficient (Wildman–Crippen LogP) is 0.0433. The molecule has 0 rings (SSSR count). The van der Waals surface area contributed by atoms with Gasteiger partial charge in [0.15, 0.2) is 0 Å². The predicted molar refractivity (Wildman–Crippen MR) is 41.7 cm³/mol. The average molecular weight is 175 g/mol. The molecule has 0 amide bonds. The first kappa shape index (κ1) is 10.9. The molecular formula is C7H13NO4. The summed E-state index contributed by atoms with van der Waals surface area (Å²) < 4.78 is 0. The maximum atomic E-state index is 10.5. The van der Waals surface area contributed by atoms with Gasteiger partial charge in [-0.2, -0.15) is 0 Å². The van der Waals surface area contributed by atoms with Crippen LogP contribution in [0.4, 0.5) is 0 Å². The number of aliphatic carboxylic acids is 2. The minimum atomic E-state index is -2.12. The second-order valence-electron chi connectivity index (χ2n) is 2.69. The van der Waals surface area contributed by atoms with Gasteiger partial charge < -0.3 is 15.9 Å². The summed E-state index contributed by atoms with van der Waals surface area (Å²) in [5.74, 6) is -2.97. The van der Waals surface area contributed by atoms with Crippen LogP contribution in [0.25, 0.3) is 0 Å². The Morgan fingerprint density at radius 1 is 1.33 bits per heavy atom. The third-order valence-corrected chi connectivity index (χ3v) is 1.69. The third kappa shape index (κ3) is 2.20. The van der Waals surface area contributed by atoms with E-state index in [1.165, 1.54) is 0 Å². The van der Waals surface area contributed by atoms with Gasteiger partial charge in [0.05, 0.1) is 0 Å². The lowest BCUT2D eigenvalue weighted by Gasteiger charge is -2.18. The van der Waals surface area contributed by atoms with Crippen LogP contribution in [-0.4, -0.2) is 27.7 Å². The van der Waals surface area contributed by atoms with Crippen LogP contribution in [0.5, 0.6) is 0 Å². The van der Waals surface area contributed by atoms with Crippen molar-refractivity contribution >= 4 is 11.9 Å². The van der Waals surface area contributed by atoms with Crippen molar-refractivity contribution < 1.29 is 19.8 Å². The molecule has 0 spiro atoms. The molecule has 0 atom stereocenters. The molecule has 5 heteroatoms. The summed E-state index contributed by atoms with van der Waals surface area (Å²) in [6.07, 6.45) is 1.18. The molecule has 0 heterocycles. The van der Waals surface area contributed by atoms with E-state index < -0.39 is 17.5 Å². The van der Waals surface area contributed by atoms with Crippen LogP contribution in [0, 0.1) is 0 Å². The molecule has 70 valence electrons. The molecule has 0 aromatic carbocycles. The number of hydrogen-bond donors (Lipinski definition) is 3. The third-order valence-electron chi connectivity index (χ3n) is 1.69. The van der Waals surface area contributed by atoms with Crippen molar-refractivity contribution in [2.75, 3.05) is 0 Å². The smallest absolute Gasteiger partial charge is 0.335 e. The molecule has 0 fully saturated rings. The maximum Gasteiger partial charge on any atom is 0.335 e. The van der Waals surface area contributed by atoms with Gasteiger partial charge in [-0.15, -0.1) is 0 Å². The van der Waals surface area contributed by atoms with E-state index in [0.29, 0.717) is 6.42 Å². The Kier molecular flexibility index (Phi) is 3.69. The van der Waals surface area contributed by atoms with Gasteiger partial charge in [-0.25, -0.2) is 9.59 Å². The highest BCUT2D eigenvalue weighted by molar-refractivity contribution is 6.02. The van der Waals surface area contributed by atoms with Gasteiger partial charge in [-0.1, -0.05) is 19.8 Å². The Hall–Kier alpha value is -1.10. The highest BCUT2D eigenvalue weighted by Crippen LogP contribution is 2.11. The van der Waals surface area contributed by atoms with Crippen molar-refractivity contribution in [3.63, 3.8) is 0 Å². The van der Waals surface area contributed by atoms with Crippen LogP contribution >= 0.6 is 0 Å². The fraction of sp³-hybridized carbons (Fsp3) is 0.714. The molecule has 4 N–H and O–H groups in total. The van der Waals surface area contributed by atoms with Crippen molar-refractivity contribution in [1.82, 2.24) is 0 Å². The standard InChI is InChI=1S/C7H13NO4/c1-2-3-4-7(8,5(9)10)6(11)12/h2-4,8H2,1H3,(H,9,10)(H,11,12). The lowest BCUT2D eigenvalue weighted by molar-refractivity contribution is -0.157. The van der Waals surface area contributed by atoms with Gasteiger partial charge in [-0.05, 0) is 6.42 Å². The minimum Gasteiger partial charge on any atom is -0.479 e. The lowest BCUT2D eigenvalue weighted by Crippen LogP contribution is -2.54. The molecule has 0 aromatic heterocycles. The molecule has 0 aliphatic rings. The molecule has 0 radical (unpaired) electrons. The number of nitrogens with two attached hydrogens (primary N) is 1. The van der Waals surface area contributed by atoms with Gasteiger partial charge in [0.25, 0.3) is 0 Å². The Morgan fingerprint density at radius 3 is 2.00 bits per heavy atom. The van der Waals surface area contributed by atoms with Crippen LogP contribution < -0.4 is 5.73 Å². The number of rotatable bonds is 5. The molecule has 0 bridgehead atoms. The van der Waals surface area contributed by atoms with Crippen LogP contribution in [0.1, 0.15) is 26.2 Å². The van der Waals surface area contributed by atoms with Crippen molar-refractivity contribution in [2.45, 2.75) is 31.7 Å². The highest BCUT2D eigenvalue weighted by atomic mass is 16.4. The second-order valence-corrected chi connectivity index (χ2v) is 2.69. The fourth-order valence-electron chi connectivity index (χ4n) is 0.761. The lowest BCUT2D eigenvalue weighted by atomic mass is 9.94. The number of carboxylic acids is 2. The Balaban J connectivity index is 4.40.